The zero-order chi connectivity index (χ0) is 11.4. The smallest absolute Gasteiger partial charge is 0.354 e. The molecule has 0 aliphatic carbocycles. The molecule has 0 spiro atoms. The van der Waals surface area contributed by atoms with Crippen LogP contribution in [0.3, 0.4) is 0 Å². The van der Waals surface area contributed by atoms with E-state index in [9.17, 15) is 4.79 Å². The molecule has 1 aromatic rings. The molecule has 0 amide bonds. The first-order valence-corrected chi connectivity index (χ1v) is 4.90. The van der Waals surface area contributed by atoms with Gasteiger partial charge >= 0.3 is 5.97 Å². The van der Waals surface area contributed by atoms with E-state index in [-0.39, 0.29) is 0 Å². The number of esters is 1. The second-order valence-electron chi connectivity index (χ2n) is 2.99. The van der Waals surface area contributed by atoms with E-state index >= 15 is 0 Å². The SMILES string of the molecule is CCCn1c(C(=O)OC)cc(C#N)c1Cl. The molecule has 0 aromatic carbocycles. The molecule has 80 valence electrons. The third kappa shape index (κ3) is 2.13. The van der Waals surface area contributed by atoms with E-state index < -0.39 is 5.97 Å². The summed E-state index contributed by atoms with van der Waals surface area (Å²) < 4.78 is 6.20. The van der Waals surface area contributed by atoms with Crippen molar-refractivity contribution in [2.75, 3.05) is 7.11 Å². The van der Waals surface area contributed by atoms with Gasteiger partial charge in [0.15, 0.2) is 0 Å². The zero-order valence-electron chi connectivity index (χ0n) is 8.58. The summed E-state index contributed by atoms with van der Waals surface area (Å²) in [4.78, 5) is 11.4. The van der Waals surface area contributed by atoms with Crippen LogP contribution < -0.4 is 0 Å². The van der Waals surface area contributed by atoms with E-state index in [1.807, 2.05) is 13.0 Å². The Bertz CT molecular complexity index is 418. The fraction of sp³-hybridized carbons (Fsp3) is 0.400. The van der Waals surface area contributed by atoms with Crippen LogP contribution in [0.5, 0.6) is 0 Å². The number of hydrogen-bond donors (Lipinski definition) is 0. The molecule has 1 aromatic heterocycles. The molecule has 0 fully saturated rings. The van der Waals surface area contributed by atoms with Crippen molar-refractivity contribution < 1.29 is 9.53 Å². The van der Waals surface area contributed by atoms with Gasteiger partial charge in [-0.1, -0.05) is 18.5 Å². The van der Waals surface area contributed by atoms with Gasteiger partial charge < -0.3 is 9.30 Å². The summed E-state index contributed by atoms with van der Waals surface area (Å²) in [5, 5.41) is 9.07. The van der Waals surface area contributed by atoms with Crippen molar-refractivity contribution in [3.05, 3.63) is 22.5 Å². The fourth-order valence-corrected chi connectivity index (χ4v) is 1.59. The highest BCUT2D eigenvalue weighted by Crippen LogP contribution is 2.22. The average Bonchev–Trinajstić information content (AvgIpc) is 2.56. The van der Waals surface area contributed by atoms with Crippen LogP contribution in [-0.2, 0) is 11.3 Å². The largest absolute Gasteiger partial charge is 0.464 e. The van der Waals surface area contributed by atoms with Crippen molar-refractivity contribution in [2.24, 2.45) is 0 Å². The van der Waals surface area contributed by atoms with Crippen molar-refractivity contribution in [2.45, 2.75) is 19.9 Å². The van der Waals surface area contributed by atoms with Crippen LogP contribution in [0.25, 0.3) is 0 Å². The first kappa shape index (κ1) is 11.6. The fourth-order valence-electron chi connectivity index (χ4n) is 1.32. The molecule has 0 unspecified atom stereocenters. The zero-order valence-corrected chi connectivity index (χ0v) is 9.34. The summed E-state index contributed by atoms with van der Waals surface area (Å²) in [6, 6.07) is 3.38. The lowest BCUT2D eigenvalue weighted by molar-refractivity contribution is 0.0588. The van der Waals surface area contributed by atoms with E-state index in [1.165, 1.54) is 13.2 Å². The molecule has 0 N–H and O–H groups in total. The van der Waals surface area contributed by atoms with Gasteiger partial charge in [0.1, 0.15) is 16.9 Å². The third-order valence-electron chi connectivity index (χ3n) is 1.99. The van der Waals surface area contributed by atoms with Crippen LogP contribution in [0.15, 0.2) is 6.07 Å². The van der Waals surface area contributed by atoms with Gasteiger partial charge in [0.2, 0.25) is 0 Å². The molecule has 4 nitrogen and oxygen atoms in total. The number of ether oxygens (including phenoxy) is 1. The Morgan fingerprint density at radius 1 is 1.73 bits per heavy atom. The molecule has 15 heavy (non-hydrogen) atoms. The lowest BCUT2D eigenvalue weighted by Crippen LogP contribution is -2.10. The van der Waals surface area contributed by atoms with Gasteiger partial charge in [-0.25, -0.2) is 4.79 Å². The Morgan fingerprint density at radius 3 is 2.87 bits per heavy atom. The summed E-state index contributed by atoms with van der Waals surface area (Å²) in [7, 11) is 1.30. The second-order valence-corrected chi connectivity index (χ2v) is 3.35. The van der Waals surface area contributed by atoms with Gasteiger partial charge in [-0.2, -0.15) is 5.26 Å². The average molecular weight is 227 g/mol. The Labute approximate surface area is 93.0 Å². The van der Waals surface area contributed by atoms with Crippen LogP contribution in [0.1, 0.15) is 29.4 Å². The number of nitrogens with zero attached hydrogens (tertiary/aromatic N) is 2. The molecule has 0 radical (unpaired) electrons. The molecule has 0 saturated heterocycles. The minimum Gasteiger partial charge on any atom is -0.464 e. The Balaban J connectivity index is 3.25. The lowest BCUT2D eigenvalue weighted by Gasteiger charge is -2.06. The second kappa shape index (κ2) is 4.85. The molecule has 0 bridgehead atoms. The molecule has 0 aliphatic heterocycles. The molecule has 1 rings (SSSR count). The summed E-state index contributed by atoms with van der Waals surface area (Å²) in [5.74, 6) is -0.480. The number of hydrogen-bond acceptors (Lipinski definition) is 3. The van der Waals surface area contributed by atoms with E-state index in [4.69, 9.17) is 16.9 Å². The Morgan fingerprint density at radius 2 is 2.40 bits per heavy atom. The number of aromatic nitrogens is 1. The van der Waals surface area contributed by atoms with Gasteiger partial charge in [0, 0.05) is 6.54 Å². The molecule has 0 saturated carbocycles. The van der Waals surface area contributed by atoms with Crippen molar-refractivity contribution in [1.29, 1.82) is 5.26 Å². The highest BCUT2D eigenvalue weighted by Gasteiger charge is 2.18. The van der Waals surface area contributed by atoms with Gasteiger partial charge in [-0.3, -0.25) is 0 Å². The number of methoxy groups -OCH3 is 1. The molecule has 1 heterocycles. The van der Waals surface area contributed by atoms with Crippen molar-refractivity contribution in [3.63, 3.8) is 0 Å². The minimum atomic E-state index is -0.480. The summed E-state index contributed by atoms with van der Waals surface area (Å²) >= 11 is 5.94. The van der Waals surface area contributed by atoms with Crippen LogP contribution in [-0.4, -0.2) is 17.6 Å². The normalized spacial score (nSPS) is 9.73. The van der Waals surface area contributed by atoms with Crippen LogP contribution in [0, 0.1) is 11.3 Å². The highest BCUT2D eigenvalue weighted by molar-refractivity contribution is 6.31. The van der Waals surface area contributed by atoms with Crippen molar-refractivity contribution in [3.8, 4) is 6.07 Å². The maximum atomic E-state index is 11.4. The van der Waals surface area contributed by atoms with Crippen LogP contribution in [0.2, 0.25) is 5.15 Å². The van der Waals surface area contributed by atoms with Gasteiger partial charge in [-0.15, -0.1) is 0 Å². The van der Waals surface area contributed by atoms with Crippen molar-refractivity contribution in [1.82, 2.24) is 4.57 Å². The molecule has 5 heteroatoms. The summed E-state index contributed by atoms with van der Waals surface area (Å²) in [6.07, 6.45) is 0.823. The first-order valence-electron chi connectivity index (χ1n) is 4.53. The van der Waals surface area contributed by atoms with E-state index in [1.54, 1.807) is 4.57 Å². The minimum absolute atomic E-state index is 0.291. The number of halogens is 1. The predicted molar refractivity (Wildman–Crippen MR) is 55.8 cm³/mol. The monoisotopic (exact) mass is 226 g/mol. The topological polar surface area (TPSA) is 55.0 Å². The standard InChI is InChI=1S/C10H11ClN2O2/c1-3-4-13-8(10(14)15-2)5-7(6-12)9(13)11/h5H,3-4H2,1-2H3. The van der Waals surface area contributed by atoms with Crippen molar-refractivity contribution >= 4 is 17.6 Å². The van der Waals surface area contributed by atoms with Gasteiger partial charge in [0.05, 0.1) is 12.7 Å². The van der Waals surface area contributed by atoms with Crippen LogP contribution >= 0.6 is 11.6 Å². The lowest BCUT2D eigenvalue weighted by atomic mass is 10.3. The van der Waals surface area contributed by atoms with Gasteiger partial charge in [0.25, 0.3) is 0 Å². The number of carbonyl (C=O) groups excluding carboxylic acids is 1. The van der Waals surface area contributed by atoms with E-state index in [0.717, 1.165) is 6.42 Å². The Kier molecular flexibility index (Phi) is 3.75. The number of carbonyl (C=O) groups is 1. The predicted octanol–water partition coefficient (Wildman–Crippen LogP) is 2.21. The molecule has 0 atom stereocenters. The number of nitriles is 1. The Hall–Kier alpha value is -1.47. The molecular weight excluding hydrogens is 216 g/mol. The highest BCUT2D eigenvalue weighted by atomic mass is 35.5. The summed E-state index contributed by atoms with van der Waals surface area (Å²) in [6.45, 7) is 2.55. The molecule has 0 aliphatic rings. The van der Waals surface area contributed by atoms with Gasteiger partial charge in [-0.05, 0) is 12.5 Å². The third-order valence-corrected chi connectivity index (χ3v) is 2.40. The quantitative estimate of drug-likeness (QED) is 0.743. The summed E-state index contributed by atoms with van der Waals surface area (Å²) in [5.41, 5.74) is 0.617. The van der Waals surface area contributed by atoms with E-state index in [2.05, 4.69) is 4.74 Å². The van der Waals surface area contributed by atoms with Crippen LogP contribution in [0.4, 0.5) is 0 Å². The molecular formula is C10H11ClN2O2. The maximum Gasteiger partial charge on any atom is 0.354 e. The maximum absolute atomic E-state index is 11.4. The first-order chi connectivity index (χ1) is 7.15. The number of rotatable bonds is 3. The van der Waals surface area contributed by atoms with E-state index in [0.29, 0.717) is 23.0 Å².